The van der Waals surface area contributed by atoms with E-state index in [1.54, 1.807) is 32.9 Å². The highest BCUT2D eigenvalue weighted by Crippen LogP contribution is 2.41. The normalized spacial score (nSPS) is 15.0. The second-order valence-corrected chi connectivity index (χ2v) is 10.3. The molecule has 3 rings (SSSR count). The Bertz CT molecular complexity index is 1040. The number of nitrogens with zero attached hydrogens (tertiary/aromatic N) is 2. The standard InChI is InChI=1S/C17H20N2O6S2/c1-17(2,3)25-16(22)18-5-6-19(27(4,23)24)12-7-10-8-14(15(20)21)26-13(10)9-11(12)18/h7-9H,5-6H2,1-4H3,(H,20,21). The molecule has 1 amide bonds. The lowest BCUT2D eigenvalue weighted by Crippen LogP contribution is -2.47. The molecule has 1 aliphatic rings. The SMILES string of the molecule is CC(C)(C)OC(=O)N1CCN(S(C)(=O)=O)c2cc3cc(C(=O)O)sc3cc21. The van der Waals surface area contributed by atoms with Gasteiger partial charge in [0.25, 0.3) is 0 Å². The third kappa shape index (κ3) is 3.86. The van der Waals surface area contributed by atoms with Crippen LogP contribution in [-0.4, -0.2) is 50.5 Å². The maximum absolute atomic E-state index is 12.6. The molecule has 1 aliphatic heterocycles. The Labute approximate surface area is 161 Å². The van der Waals surface area contributed by atoms with Crippen molar-refractivity contribution in [3.63, 3.8) is 0 Å². The molecule has 1 aromatic heterocycles. The van der Waals surface area contributed by atoms with Crippen molar-refractivity contribution in [2.75, 3.05) is 28.6 Å². The molecule has 27 heavy (non-hydrogen) atoms. The van der Waals surface area contributed by atoms with Gasteiger partial charge in [-0.3, -0.25) is 9.21 Å². The van der Waals surface area contributed by atoms with Crippen molar-refractivity contribution >= 4 is 54.9 Å². The molecule has 0 bridgehead atoms. The number of carboxylic acid groups (broad SMARTS) is 1. The van der Waals surface area contributed by atoms with Crippen molar-refractivity contribution in [1.82, 2.24) is 0 Å². The number of ether oxygens (including phenoxy) is 1. The van der Waals surface area contributed by atoms with Crippen LogP contribution in [0.2, 0.25) is 0 Å². The van der Waals surface area contributed by atoms with Crippen molar-refractivity contribution in [2.45, 2.75) is 26.4 Å². The van der Waals surface area contributed by atoms with Crippen LogP contribution in [0.1, 0.15) is 30.4 Å². The Morgan fingerprint density at radius 3 is 2.37 bits per heavy atom. The van der Waals surface area contributed by atoms with Crippen LogP contribution < -0.4 is 9.21 Å². The van der Waals surface area contributed by atoms with Gasteiger partial charge in [-0.25, -0.2) is 18.0 Å². The van der Waals surface area contributed by atoms with E-state index in [-0.39, 0.29) is 18.0 Å². The third-order valence-electron chi connectivity index (χ3n) is 3.92. The largest absolute Gasteiger partial charge is 0.477 e. The van der Waals surface area contributed by atoms with Gasteiger partial charge in [-0.15, -0.1) is 11.3 Å². The molecule has 0 saturated carbocycles. The Hall–Kier alpha value is -2.33. The zero-order chi connectivity index (χ0) is 20.1. The number of aromatic carboxylic acids is 1. The summed E-state index contributed by atoms with van der Waals surface area (Å²) in [7, 11) is -3.56. The first kappa shape index (κ1) is 19.4. The monoisotopic (exact) mass is 412 g/mol. The van der Waals surface area contributed by atoms with Gasteiger partial charge in [-0.2, -0.15) is 0 Å². The minimum atomic E-state index is -3.56. The van der Waals surface area contributed by atoms with E-state index in [9.17, 15) is 23.1 Å². The average molecular weight is 412 g/mol. The van der Waals surface area contributed by atoms with Gasteiger partial charge >= 0.3 is 12.1 Å². The fourth-order valence-electron chi connectivity index (χ4n) is 2.87. The van der Waals surface area contributed by atoms with Gasteiger partial charge in [0.05, 0.1) is 24.2 Å². The summed E-state index contributed by atoms with van der Waals surface area (Å²) < 4.78 is 31.7. The fourth-order valence-corrected chi connectivity index (χ4v) is 4.70. The maximum atomic E-state index is 12.6. The first-order valence-electron chi connectivity index (χ1n) is 8.16. The van der Waals surface area contributed by atoms with Crippen LogP contribution in [0, 0.1) is 0 Å². The van der Waals surface area contributed by atoms with Crippen LogP contribution >= 0.6 is 11.3 Å². The predicted molar refractivity (Wildman–Crippen MR) is 105 cm³/mol. The number of hydrogen-bond acceptors (Lipinski definition) is 6. The Kier molecular flexibility index (Phi) is 4.59. The molecule has 8 nitrogen and oxygen atoms in total. The number of hydrogen-bond donors (Lipinski definition) is 1. The molecule has 0 unspecified atom stereocenters. The van der Waals surface area contributed by atoms with Crippen LogP contribution in [0.4, 0.5) is 16.2 Å². The van der Waals surface area contributed by atoms with Crippen LogP contribution in [0.25, 0.3) is 10.1 Å². The molecule has 0 spiro atoms. The Morgan fingerprint density at radius 2 is 1.81 bits per heavy atom. The lowest BCUT2D eigenvalue weighted by molar-refractivity contribution is 0.0579. The number of anilines is 2. The summed E-state index contributed by atoms with van der Waals surface area (Å²) >= 11 is 1.07. The topological polar surface area (TPSA) is 104 Å². The van der Waals surface area contributed by atoms with Crippen LogP contribution in [0.15, 0.2) is 18.2 Å². The number of carboxylic acids is 1. The molecule has 0 saturated heterocycles. The molecule has 2 heterocycles. The molecule has 0 aliphatic carbocycles. The minimum Gasteiger partial charge on any atom is -0.477 e. The summed E-state index contributed by atoms with van der Waals surface area (Å²) in [5, 5.41) is 9.83. The van der Waals surface area contributed by atoms with Gasteiger partial charge in [0, 0.05) is 11.2 Å². The molecular weight excluding hydrogens is 392 g/mol. The molecule has 0 fully saturated rings. The molecule has 10 heteroatoms. The van der Waals surface area contributed by atoms with E-state index < -0.39 is 27.7 Å². The maximum Gasteiger partial charge on any atom is 0.414 e. The van der Waals surface area contributed by atoms with Crippen molar-refractivity contribution in [3.8, 4) is 0 Å². The van der Waals surface area contributed by atoms with Crippen molar-refractivity contribution in [3.05, 3.63) is 23.1 Å². The molecule has 1 N–H and O–H groups in total. The highest BCUT2D eigenvalue weighted by atomic mass is 32.2. The molecular formula is C17H20N2O6S2. The summed E-state index contributed by atoms with van der Waals surface area (Å²) in [5.74, 6) is -1.06. The first-order chi connectivity index (χ1) is 12.4. The smallest absolute Gasteiger partial charge is 0.414 e. The van der Waals surface area contributed by atoms with Crippen LogP contribution in [-0.2, 0) is 14.8 Å². The van der Waals surface area contributed by atoms with E-state index in [0.717, 1.165) is 17.6 Å². The van der Waals surface area contributed by atoms with Crippen molar-refractivity contribution in [1.29, 1.82) is 0 Å². The zero-order valence-corrected chi connectivity index (χ0v) is 17.0. The van der Waals surface area contributed by atoms with E-state index in [4.69, 9.17) is 4.74 Å². The fraction of sp³-hybridized carbons (Fsp3) is 0.412. The number of thiophene rings is 1. The highest BCUT2D eigenvalue weighted by Gasteiger charge is 2.34. The van der Waals surface area contributed by atoms with Crippen LogP contribution in [0.3, 0.4) is 0 Å². The summed E-state index contributed by atoms with van der Waals surface area (Å²) in [6.45, 7) is 5.48. The van der Waals surface area contributed by atoms with E-state index in [2.05, 4.69) is 0 Å². The number of rotatable bonds is 2. The predicted octanol–water partition coefficient (Wildman–Crippen LogP) is 3.12. The van der Waals surface area contributed by atoms with Gasteiger partial charge in [0.1, 0.15) is 10.5 Å². The molecule has 0 radical (unpaired) electrons. The lowest BCUT2D eigenvalue weighted by atomic mass is 10.1. The van der Waals surface area contributed by atoms with Crippen molar-refractivity contribution < 1.29 is 27.9 Å². The summed E-state index contributed by atoms with van der Waals surface area (Å²) in [6.07, 6.45) is 0.520. The second kappa shape index (κ2) is 6.38. The van der Waals surface area contributed by atoms with E-state index in [1.165, 1.54) is 15.3 Å². The van der Waals surface area contributed by atoms with E-state index in [1.807, 2.05) is 0 Å². The summed E-state index contributed by atoms with van der Waals surface area (Å²) in [6, 6.07) is 4.74. The number of sulfonamides is 1. The summed E-state index contributed by atoms with van der Waals surface area (Å²) in [4.78, 5) is 25.4. The number of fused-ring (bicyclic) bond motifs is 2. The number of carbonyl (C=O) groups excluding carboxylic acids is 1. The number of amides is 1. The quantitative estimate of drug-likeness (QED) is 0.813. The summed E-state index contributed by atoms with van der Waals surface area (Å²) in [5.41, 5.74) is 0.0124. The Balaban J connectivity index is 2.17. The number of carbonyl (C=O) groups is 2. The van der Waals surface area contributed by atoms with Gasteiger partial charge < -0.3 is 9.84 Å². The first-order valence-corrected chi connectivity index (χ1v) is 10.8. The molecule has 1 aromatic carbocycles. The third-order valence-corrected chi connectivity index (χ3v) is 6.19. The Morgan fingerprint density at radius 1 is 1.15 bits per heavy atom. The second-order valence-electron chi connectivity index (χ2n) is 7.26. The highest BCUT2D eigenvalue weighted by molar-refractivity contribution is 7.92. The van der Waals surface area contributed by atoms with Gasteiger partial charge in [0.15, 0.2) is 0 Å². The minimum absolute atomic E-state index is 0.0898. The molecule has 0 atom stereocenters. The lowest BCUT2D eigenvalue weighted by Gasteiger charge is -2.37. The van der Waals surface area contributed by atoms with Crippen LogP contribution in [0.5, 0.6) is 0 Å². The van der Waals surface area contributed by atoms with E-state index >= 15 is 0 Å². The van der Waals surface area contributed by atoms with Gasteiger partial charge in [0.2, 0.25) is 10.0 Å². The van der Waals surface area contributed by atoms with Gasteiger partial charge in [-0.05, 0) is 44.4 Å². The molecule has 2 aromatic rings. The van der Waals surface area contributed by atoms with E-state index in [0.29, 0.717) is 21.5 Å². The van der Waals surface area contributed by atoms with Gasteiger partial charge in [-0.1, -0.05) is 0 Å². The molecule has 146 valence electrons. The zero-order valence-electron chi connectivity index (χ0n) is 15.3. The number of benzene rings is 1. The average Bonchev–Trinajstić information content (AvgIpc) is 2.92. The van der Waals surface area contributed by atoms with Crippen molar-refractivity contribution in [2.24, 2.45) is 0 Å².